The lowest BCUT2D eigenvalue weighted by molar-refractivity contribution is -0.144. The third-order valence-corrected chi connectivity index (χ3v) is 6.56. The lowest BCUT2D eigenvalue weighted by Crippen LogP contribution is -2.49. The Morgan fingerprint density at radius 1 is 1.13 bits per heavy atom. The number of anilines is 1. The van der Waals surface area contributed by atoms with E-state index >= 15 is 0 Å². The Hall–Kier alpha value is -3.17. The van der Waals surface area contributed by atoms with Crippen molar-refractivity contribution in [3.63, 3.8) is 0 Å². The van der Waals surface area contributed by atoms with Crippen molar-refractivity contribution >= 4 is 29.4 Å². The number of rotatable bonds is 3. The molecule has 152 valence electrons. The highest BCUT2D eigenvalue weighted by atomic mass is 32.1. The molecule has 0 atom stereocenters. The first kappa shape index (κ1) is 18.8. The Labute approximate surface area is 176 Å². The van der Waals surface area contributed by atoms with Crippen LogP contribution in [-0.4, -0.2) is 36.9 Å². The average molecular weight is 422 g/mol. The molecule has 2 aromatic heterocycles. The van der Waals surface area contributed by atoms with Crippen LogP contribution in [0.25, 0.3) is 10.6 Å². The maximum Gasteiger partial charge on any atom is 0.339 e. The number of ether oxygens (including phenoxy) is 1. The smallest absolute Gasteiger partial charge is 0.339 e. The van der Waals surface area contributed by atoms with Crippen LogP contribution in [-0.2, 0) is 15.1 Å². The van der Waals surface area contributed by atoms with E-state index < -0.39 is 17.1 Å². The fourth-order valence-corrected chi connectivity index (χ4v) is 4.71. The van der Waals surface area contributed by atoms with Gasteiger partial charge in [0.25, 0.3) is 5.91 Å². The van der Waals surface area contributed by atoms with Gasteiger partial charge in [0.15, 0.2) is 0 Å². The number of carbonyl (C=O) groups excluding carboxylic acids is 2. The second-order valence-electron chi connectivity index (χ2n) is 7.58. The number of hydrogen-bond donors (Lipinski definition) is 2. The summed E-state index contributed by atoms with van der Waals surface area (Å²) >= 11 is 1.18. The number of benzene rings is 1. The average Bonchev–Trinajstić information content (AvgIpc) is 3.35. The van der Waals surface area contributed by atoms with Gasteiger partial charge in [0.2, 0.25) is 5.95 Å². The fraction of sp³-hybridized carbons (Fsp3) is 0.286. The number of carbonyl (C=O) groups is 2. The first-order valence-electron chi connectivity index (χ1n) is 9.60. The molecule has 9 heteroatoms. The predicted molar refractivity (Wildman–Crippen MR) is 109 cm³/mol. The van der Waals surface area contributed by atoms with Crippen LogP contribution < -0.4 is 5.32 Å². The van der Waals surface area contributed by atoms with Crippen LogP contribution in [0.3, 0.4) is 0 Å². The summed E-state index contributed by atoms with van der Waals surface area (Å²) in [6.07, 6.45) is 4.15. The van der Waals surface area contributed by atoms with Gasteiger partial charge in [-0.15, -0.1) is 0 Å². The molecule has 1 aliphatic heterocycles. The van der Waals surface area contributed by atoms with Gasteiger partial charge in [-0.1, -0.05) is 30.3 Å². The molecule has 2 aliphatic rings. The maximum atomic E-state index is 12.8. The van der Waals surface area contributed by atoms with Crippen molar-refractivity contribution in [2.24, 2.45) is 0 Å². The van der Waals surface area contributed by atoms with Crippen LogP contribution in [0.5, 0.6) is 0 Å². The second-order valence-corrected chi connectivity index (χ2v) is 8.33. The van der Waals surface area contributed by atoms with Crippen molar-refractivity contribution in [1.82, 2.24) is 14.3 Å². The van der Waals surface area contributed by atoms with Crippen LogP contribution >= 0.6 is 11.5 Å². The van der Waals surface area contributed by atoms with E-state index in [9.17, 15) is 14.7 Å². The number of pyridine rings is 1. The molecule has 3 aromatic rings. The van der Waals surface area contributed by atoms with Crippen molar-refractivity contribution in [3.05, 3.63) is 59.9 Å². The number of aliphatic hydroxyl groups is 1. The lowest BCUT2D eigenvalue weighted by atomic mass is 9.73. The van der Waals surface area contributed by atoms with Crippen LogP contribution in [0.2, 0.25) is 0 Å². The number of nitrogens with zero attached hydrogens (tertiary/aromatic N) is 3. The zero-order valence-electron chi connectivity index (χ0n) is 15.9. The molecular weight excluding hydrogens is 404 g/mol. The van der Waals surface area contributed by atoms with Gasteiger partial charge in [0, 0.05) is 23.5 Å². The van der Waals surface area contributed by atoms with Gasteiger partial charge in [-0.05, 0) is 43.3 Å². The first-order chi connectivity index (χ1) is 14.5. The van der Waals surface area contributed by atoms with Gasteiger partial charge in [0.1, 0.15) is 16.2 Å². The fourth-order valence-electron chi connectivity index (χ4n) is 4.08. The van der Waals surface area contributed by atoms with Crippen molar-refractivity contribution < 1.29 is 19.4 Å². The number of amides is 1. The lowest BCUT2D eigenvalue weighted by Gasteiger charge is -2.39. The highest BCUT2D eigenvalue weighted by Crippen LogP contribution is 2.49. The molecule has 0 bridgehead atoms. The van der Waals surface area contributed by atoms with Crippen LogP contribution in [0.15, 0.2) is 48.8 Å². The van der Waals surface area contributed by atoms with Crippen molar-refractivity contribution in [2.45, 2.75) is 36.9 Å². The number of nitrogens with one attached hydrogen (secondary N) is 1. The van der Waals surface area contributed by atoms with Gasteiger partial charge in [0.05, 0.1) is 5.56 Å². The number of hydrogen-bond acceptors (Lipinski definition) is 8. The summed E-state index contributed by atoms with van der Waals surface area (Å²) in [6.45, 7) is 0. The van der Waals surface area contributed by atoms with Gasteiger partial charge >= 0.3 is 5.97 Å². The van der Waals surface area contributed by atoms with Gasteiger partial charge in [-0.2, -0.15) is 9.36 Å². The molecule has 1 saturated carbocycles. The molecule has 3 heterocycles. The largest absolute Gasteiger partial charge is 0.450 e. The molecule has 1 spiro atoms. The second kappa shape index (κ2) is 6.96. The monoisotopic (exact) mass is 422 g/mol. The molecule has 2 N–H and O–H groups in total. The van der Waals surface area contributed by atoms with Crippen LogP contribution in [0.1, 0.15) is 41.6 Å². The molecule has 5 rings (SSSR count). The van der Waals surface area contributed by atoms with E-state index in [1.165, 1.54) is 11.5 Å². The van der Waals surface area contributed by atoms with Crippen molar-refractivity contribution in [3.8, 4) is 10.6 Å². The quantitative estimate of drug-likeness (QED) is 0.624. The summed E-state index contributed by atoms with van der Waals surface area (Å²) in [6, 6.07) is 11.2. The van der Waals surface area contributed by atoms with Crippen LogP contribution in [0.4, 0.5) is 5.95 Å². The highest BCUT2D eigenvalue weighted by molar-refractivity contribution is 7.09. The molecule has 8 nitrogen and oxygen atoms in total. The van der Waals surface area contributed by atoms with Gasteiger partial charge in [-0.3, -0.25) is 15.1 Å². The zero-order valence-corrected chi connectivity index (χ0v) is 16.7. The molecular formula is C21H18N4O4S. The van der Waals surface area contributed by atoms with E-state index in [1.54, 1.807) is 18.5 Å². The molecule has 1 amide bonds. The van der Waals surface area contributed by atoms with Crippen LogP contribution in [0, 0.1) is 0 Å². The minimum absolute atomic E-state index is 0.149. The minimum Gasteiger partial charge on any atom is -0.450 e. The van der Waals surface area contributed by atoms with Gasteiger partial charge in [-0.25, -0.2) is 4.79 Å². The third-order valence-electron chi connectivity index (χ3n) is 5.80. The summed E-state index contributed by atoms with van der Waals surface area (Å²) in [5, 5.41) is 14.3. The van der Waals surface area contributed by atoms with Crippen molar-refractivity contribution in [1.29, 1.82) is 0 Å². The van der Waals surface area contributed by atoms with E-state index in [4.69, 9.17) is 4.74 Å². The highest BCUT2D eigenvalue weighted by Gasteiger charge is 2.53. The summed E-state index contributed by atoms with van der Waals surface area (Å²) < 4.78 is 9.84. The number of fused-ring (bicyclic) bond motifs is 2. The molecule has 0 unspecified atom stereocenters. The third kappa shape index (κ3) is 3.06. The van der Waals surface area contributed by atoms with Crippen molar-refractivity contribution in [2.75, 3.05) is 5.32 Å². The molecule has 1 fully saturated rings. The summed E-state index contributed by atoms with van der Waals surface area (Å²) in [5.74, 6) is -0.771. The molecule has 30 heavy (non-hydrogen) atoms. The predicted octanol–water partition coefficient (Wildman–Crippen LogP) is 2.91. The SMILES string of the molecule is O=C1O[C@]2(CC[C@](O)(C(=O)Nc3nsc(-c4ccccc4)n3)CC2)c2cnccc21. The Bertz CT molecular complexity index is 1120. The standard InChI is InChI=1S/C21H18N4O4S/c26-17-14-6-11-22-12-15(14)21(29-17)9-7-20(28,8-10-21)18(27)24-19-23-16(30-25-19)13-4-2-1-3-5-13/h1-6,11-12,28H,7-10H2,(H,24,25,27)/t20-,21+. The topological polar surface area (TPSA) is 114 Å². The molecule has 0 saturated heterocycles. The summed E-state index contributed by atoms with van der Waals surface area (Å²) in [4.78, 5) is 33.4. The minimum atomic E-state index is -1.58. The summed E-state index contributed by atoms with van der Waals surface area (Å²) in [7, 11) is 0. The maximum absolute atomic E-state index is 12.8. The normalized spacial score (nSPS) is 25.0. The zero-order chi connectivity index (χ0) is 20.8. The Kier molecular flexibility index (Phi) is 4.37. The Morgan fingerprint density at radius 3 is 2.67 bits per heavy atom. The van der Waals surface area contributed by atoms with E-state index in [-0.39, 0.29) is 24.8 Å². The molecule has 0 radical (unpaired) electrons. The van der Waals surface area contributed by atoms with Gasteiger partial charge < -0.3 is 9.84 Å². The molecule has 1 aromatic carbocycles. The summed E-state index contributed by atoms with van der Waals surface area (Å²) in [5.41, 5.74) is -0.275. The Balaban J connectivity index is 1.29. The molecule has 1 aliphatic carbocycles. The van der Waals surface area contributed by atoms with E-state index in [2.05, 4.69) is 19.7 Å². The first-order valence-corrected chi connectivity index (χ1v) is 10.4. The Morgan fingerprint density at radius 2 is 1.90 bits per heavy atom. The number of esters is 1. The number of aromatic nitrogens is 3. The van der Waals surface area contributed by atoms with E-state index in [0.29, 0.717) is 23.4 Å². The van der Waals surface area contributed by atoms with E-state index in [0.717, 1.165) is 11.1 Å². The van der Waals surface area contributed by atoms with E-state index in [1.807, 2.05) is 30.3 Å².